The fourth-order valence-electron chi connectivity index (χ4n) is 3.23. The number of pyridine rings is 1. The normalized spacial score (nSPS) is 14.8. The second-order valence-corrected chi connectivity index (χ2v) is 11.0. The van der Waals surface area contributed by atoms with Crippen LogP contribution in [0.1, 0.15) is 28.8 Å². The fourth-order valence-corrected chi connectivity index (χ4v) is 5.75. The monoisotopic (exact) mass is 492 g/mol. The van der Waals surface area contributed by atoms with Gasteiger partial charge in [0.25, 0.3) is 0 Å². The van der Waals surface area contributed by atoms with E-state index in [0.717, 1.165) is 30.4 Å². The maximum atomic E-state index is 14.8. The molecule has 1 aromatic carbocycles. The SMILES string of the molecule is CS(=O)(=O)C(C(=O)NCC(=O)NC1CC1)c1nc2cc(-c3ccc(CO)nc3)c(F)cc2s1. The van der Waals surface area contributed by atoms with E-state index >= 15 is 0 Å². The molecular formula is C21H21FN4O5S2. The molecule has 0 bridgehead atoms. The average molecular weight is 493 g/mol. The highest BCUT2D eigenvalue weighted by atomic mass is 32.2. The maximum absolute atomic E-state index is 14.8. The second-order valence-electron chi connectivity index (χ2n) is 7.82. The van der Waals surface area contributed by atoms with Crippen LogP contribution in [0.25, 0.3) is 21.3 Å². The first-order chi connectivity index (χ1) is 15.7. The molecule has 2 heterocycles. The molecule has 12 heteroatoms. The van der Waals surface area contributed by atoms with Crippen molar-refractivity contribution in [2.75, 3.05) is 12.8 Å². The van der Waals surface area contributed by atoms with Gasteiger partial charge in [-0.3, -0.25) is 14.6 Å². The zero-order valence-corrected chi connectivity index (χ0v) is 19.2. The largest absolute Gasteiger partial charge is 0.390 e. The van der Waals surface area contributed by atoms with E-state index in [9.17, 15) is 22.4 Å². The first-order valence-corrected chi connectivity index (χ1v) is 12.8. The molecule has 33 heavy (non-hydrogen) atoms. The maximum Gasteiger partial charge on any atom is 0.245 e. The first-order valence-electron chi connectivity index (χ1n) is 10.1. The van der Waals surface area contributed by atoms with Crippen LogP contribution in [0.15, 0.2) is 30.5 Å². The van der Waals surface area contributed by atoms with Crippen LogP contribution >= 0.6 is 11.3 Å². The standard InChI is InChI=1S/C21H21FN4O5S2/c1-33(30,31)19(20(29)24-9-18(28)25-12-4-5-12)21-26-16-6-14(15(22)7-17(16)32-21)11-2-3-13(10-27)23-8-11/h2-3,6-8,12,19,27H,4-5,9-10H2,1H3,(H,24,29)(H,25,28). The van der Waals surface area contributed by atoms with Crippen molar-refractivity contribution < 1.29 is 27.5 Å². The molecule has 174 valence electrons. The van der Waals surface area contributed by atoms with Gasteiger partial charge >= 0.3 is 0 Å². The van der Waals surface area contributed by atoms with Crippen molar-refractivity contribution in [3.63, 3.8) is 0 Å². The van der Waals surface area contributed by atoms with Gasteiger partial charge in [-0.15, -0.1) is 11.3 Å². The molecule has 0 spiro atoms. The zero-order valence-electron chi connectivity index (χ0n) is 17.5. The van der Waals surface area contributed by atoms with Crippen molar-refractivity contribution in [3.05, 3.63) is 47.0 Å². The molecule has 0 saturated heterocycles. The molecule has 1 saturated carbocycles. The lowest BCUT2D eigenvalue weighted by molar-refractivity contribution is -0.126. The van der Waals surface area contributed by atoms with Gasteiger partial charge in [-0.25, -0.2) is 17.8 Å². The van der Waals surface area contributed by atoms with Crippen LogP contribution in [0.5, 0.6) is 0 Å². The number of thiazole rings is 1. The number of aromatic nitrogens is 2. The molecule has 1 unspecified atom stereocenters. The lowest BCUT2D eigenvalue weighted by atomic mass is 10.1. The minimum absolute atomic E-state index is 0.0158. The Morgan fingerprint density at radius 2 is 2.06 bits per heavy atom. The fraction of sp³-hybridized carbons (Fsp3) is 0.333. The molecule has 0 radical (unpaired) electrons. The number of rotatable bonds is 8. The van der Waals surface area contributed by atoms with Crippen molar-refractivity contribution in [2.45, 2.75) is 30.7 Å². The summed E-state index contributed by atoms with van der Waals surface area (Å²) in [7, 11) is -3.93. The molecule has 2 aromatic heterocycles. The zero-order chi connectivity index (χ0) is 23.8. The van der Waals surface area contributed by atoms with E-state index < -0.39 is 32.7 Å². The minimum Gasteiger partial charge on any atom is -0.390 e. The van der Waals surface area contributed by atoms with Gasteiger partial charge in [-0.2, -0.15) is 0 Å². The van der Waals surface area contributed by atoms with Gasteiger partial charge in [0.2, 0.25) is 11.8 Å². The third kappa shape index (κ3) is 5.34. The number of sulfone groups is 1. The molecule has 3 aromatic rings. The molecule has 9 nitrogen and oxygen atoms in total. The Morgan fingerprint density at radius 1 is 1.30 bits per heavy atom. The van der Waals surface area contributed by atoms with Crippen molar-refractivity contribution in [1.82, 2.24) is 20.6 Å². The number of nitrogens with zero attached hydrogens (tertiary/aromatic N) is 2. The summed E-state index contributed by atoms with van der Waals surface area (Å²) in [5.74, 6) is -1.82. The Bertz CT molecular complexity index is 1320. The summed E-state index contributed by atoms with van der Waals surface area (Å²) >= 11 is 0.899. The molecule has 0 aliphatic heterocycles. The van der Waals surface area contributed by atoms with Gasteiger partial charge in [-0.1, -0.05) is 6.07 Å². The number of aliphatic hydroxyl groups excluding tert-OH is 1. The van der Waals surface area contributed by atoms with Crippen LogP contribution in [0.3, 0.4) is 0 Å². The van der Waals surface area contributed by atoms with Crippen LogP contribution in [0.2, 0.25) is 0 Å². The average Bonchev–Trinajstić information content (AvgIpc) is 3.48. The number of aliphatic hydroxyl groups is 1. The molecule has 4 rings (SSSR count). The predicted molar refractivity (Wildman–Crippen MR) is 120 cm³/mol. The highest BCUT2D eigenvalue weighted by Gasteiger charge is 2.34. The highest BCUT2D eigenvalue weighted by Crippen LogP contribution is 2.34. The Balaban J connectivity index is 1.62. The minimum atomic E-state index is -3.93. The van der Waals surface area contributed by atoms with Crippen LogP contribution in [0, 0.1) is 5.82 Å². The Kier molecular flexibility index (Phi) is 6.41. The van der Waals surface area contributed by atoms with Crippen LogP contribution in [-0.4, -0.2) is 54.1 Å². The van der Waals surface area contributed by atoms with Gasteiger partial charge in [0, 0.05) is 29.6 Å². The first kappa shape index (κ1) is 23.2. The van der Waals surface area contributed by atoms with E-state index in [1.54, 1.807) is 12.1 Å². The number of amides is 2. The Hall–Kier alpha value is -2.96. The number of halogens is 1. The summed E-state index contributed by atoms with van der Waals surface area (Å²) in [4.78, 5) is 32.9. The molecule has 1 aliphatic carbocycles. The Morgan fingerprint density at radius 3 is 2.67 bits per heavy atom. The number of carbonyl (C=O) groups excluding carboxylic acids is 2. The summed E-state index contributed by atoms with van der Waals surface area (Å²) in [5, 5.41) is 12.5. The van der Waals surface area contributed by atoms with E-state index in [-0.39, 0.29) is 29.8 Å². The molecule has 1 atom stereocenters. The topological polar surface area (TPSA) is 138 Å². The Labute approximate surface area is 193 Å². The number of benzene rings is 1. The predicted octanol–water partition coefficient (Wildman–Crippen LogP) is 1.47. The molecule has 2 amide bonds. The smallest absolute Gasteiger partial charge is 0.245 e. The van der Waals surface area contributed by atoms with E-state index in [1.807, 2.05) is 0 Å². The number of nitrogens with one attached hydrogen (secondary N) is 2. The van der Waals surface area contributed by atoms with E-state index in [0.29, 0.717) is 21.5 Å². The van der Waals surface area contributed by atoms with Gasteiger partial charge in [0.15, 0.2) is 15.1 Å². The third-order valence-electron chi connectivity index (χ3n) is 5.05. The number of hydrogen-bond acceptors (Lipinski definition) is 8. The highest BCUT2D eigenvalue weighted by molar-refractivity contribution is 7.91. The van der Waals surface area contributed by atoms with Crippen LogP contribution in [-0.2, 0) is 26.0 Å². The summed E-state index contributed by atoms with van der Waals surface area (Å²) < 4.78 is 39.9. The molecule has 1 fully saturated rings. The molecular weight excluding hydrogens is 471 g/mol. The van der Waals surface area contributed by atoms with Crippen molar-refractivity contribution in [3.8, 4) is 11.1 Å². The van der Waals surface area contributed by atoms with Gasteiger partial charge < -0.3 is 15.7 Å². The summed E-state index contributed by atoms with van der Waals surface area (Å²) in [6.07, 6.45) is 4.10. The quantitative estimate of drug-likeness (QED) is 0.433. The second kappa shape index (κ2) is 9.12. The molecule has 1 aliphatic rings. The summed E-state index contributed by atoms with van der Waals surface area (Å²) in [6, 6.07) is 5.97. The van der Waals surface area contributed by atoms with Gasteiger partial charge in [-0.05, 0) is 31.0 Å². The van der Waals surface area contributed by atoms with Crippen LogP contribution in [0.4, 0.5) is 4.39 Å². The van der Waals surface area contributed by atoms with Crippen molar-refractivity contribution >= 4 is 43.2 Å². The van der Waals surface area contributed by atoms with Crippen molar-refractivity contribution in [2.24, 2.45) is 0 Å². The van der Waals surface area contributed by atoms with E-state index in [1.165, 1.54) is 18.3 Å². The number of carbonyl (C=O) groups is 2. The third-order valence-corrected chi connectivity index (χ3v) is 7.57. The number of hydrogen-bond donors (Lipinski definition) is 3. The van der Waals surface area contributed by atoms with E-state index in [2.05, 4.69) is 20.6 Å². The van der Waals surface area contributed by atoms with Gasteiger partial charge in [0.05, 0.1) is 29.1 Å². The van der Waals surface area contributed by atoms with Crippen molar-refractivity contribution in [1.29, 1.82) is 0 Å². The lowest BCUT2D eigenvalue weighted by Crippen LogP contribution is -2.41. The van der Waals surface area contributed by atoms with Crippen LogP contribution < -0.4 is 10.6 Å². The summed E-state index contributed by atoms with van der Waals surface area (Å²) in [5.41, 5.74) is 1.42. The molecule has 3 N–H and O–H groups in total. The lowest BCUT2D eigenvalue weighted by Gasteiger charge is -2.12. The number of fused-ring (bicyclic) bond motifs is 1. The van der Waals surface area contributed by atoms with E-state index in [4.69, 9.17) is 5.11 Å². The van der Waals surface area contributed by atoms with Gasteiger partial charge in [0.1, 0.15) is 10.8 Å². The summed E-state index contributed by atoms with van der Waals surface area (Å²) in [6.45, 7) is -0.587.